The van der Waals surface area contributed by atoms with E-state index in [1.165, 1.54) is 0 Å². The van der Waals surface area contributed by atoms with Crippen LogP contribution in [0.5, 0.6) is 5.75 Å². The van der Waals surface area contributed by atoms with E-state index in [0.29, 0.717) is 12.2 Å². The van der Waals surface area contributed by atoms with E-state index < -0.39 is 10.0 Å². The van der Waals surface area contributed by atoms with Gasteiger partial charge >= 0.3 is 0 Å². The third-order valence-corrected chi connectivity index (χ3v) is 7.72. The summed E-state index contributed by atoms with van der Waals surface area (Å²) in [6.07, 6.45) is 0.198. The number of carbonyl (C=O) groups excluding carboxylic acids is 1. The molecule has 0 saturated carbocycles. The van der Waals surface area contributed by atoms with E-state index in [2.05, 4.69) is 10.0 Å². The number of ether oxygens (including phenoxy) is 1. The molecule has 170 valence electrons. The summed E-state index contributed by atoms with van der Waals surface area (Å²) < 4.78 is 32.9. The Bertz CT molecular complexity index is 1130. The maximum absolute atomic E-state index is 12.5. The molecule has 0 fully saturated rings. The lowest BCUT2D eigenvalue weighted by Crippen LogP contribution is -2.35. The Kier molecular flexibility index (Phi) is 7.89. The zero-order valence-corrected chi connectivity index (χ0v) is 19.9. The Hall–Kier alpha value is -2.88. The van der Waals surface area contributed by atoms with Crippen LogP contribution in [0, 0.1) is 0 Å². The smallest absolute Gasteiger partial charge is 0.271 e. The molecule has 7 nitrogen and oxygen atoms in total. The van der Waals surface area contributed by atoms with Crippen LogP contribution in [0.2, 0.25) is 0 Å². The van der Waals surface area contributed by atoms with Crippen LogP contribution in [-0.2, 0) is 21.2 Å². The first-order chi connectivity index (χ1) is 15.3. The quantitative estimate of drug-likeness (QED) is 0.470. The Morgan fingerprint density at radius 3 is 2.41 bits per heavy atom. The number of anilines is 1. The van der Waals surface area contributed by atoms with Crippen LogP contribution < -0.4 is 14.8 Å². The third-order valence-electron chi connectivity index (χ3n) is 4.94. The van der Waals surface area contributed by atoms with Gasteiger partial charge in [0.25, 0.3) is 10.0 Å². The van der Waals surface area contributed by atoms with E-state index >= 15 is 0 Å². The lowest BCUT2D eigenvalue weighted by molar-refractivity contribution is -0.120. The summed E-state index contributed by atoms with van der Waals surface area (Å²) in [6, 6.07) is 17.8. The summed E-state index contributed by atoms with van der Waals surface area (Å²) in [4.78, 5) is 14.6. The molecule has 1 atom stereocenters. The lowest BCUT2D eigenvalue weighted by Gasteiger charge is -2.26. The number of sulfonamides is 1. The van der Waals surface area contributed by atoms with Gasteiger partial charge in [-0.2, -0.15) is 0 Å². The van der Waals surface area contributed by atoms with Crippen molar-refractivity contribution in [2.24, 2.45) is 0 Å². The molecule has 1 heterocycles. The predicted octanol–water partition coefficient (Wildman–Crippen LogP) is 3.52. The van der Waals surface area contributed by atoms with Gasteiger partial charge in [-0.25, -0.2) is 8.42 Å². The van der Waals surface area contributed by atoms with E-state index in [1.807, 2.05) is 43.3 Å². The summed E-state index contributed by atoms with van der Waals surface area (Å²) in [7, 11) is 1.96. The van der Waals surface area contributed by atoms with Gasteiger partial charge in [0.2, 0.25) is 5.91 Å². The average molecular weight is 474 g/mol. The first-order valence-electron chi connectivity index (χ1n) is 10.0. The Balaban J connectivity index is 1.58. The number of benzene rings is 2. The molecule has 2 aromatic carbocycles. The minimum atomic E-state index is -3.59. The molecule has 3 aromatic rings. The molecule has 0 spiro atoms. The topological polar surface area (TPSA) is 87.7 Å². The van der Waals surface area contributed by atoms with E-state index in [4.69, 9.17) is 4.74 Å². The molecule has 0 aliphatic rings. The van der Waals surface area contributed by atoms with Gasteiger partial charge in [-0.15, -0.1) is 11.3 Å². The number of nitrogens with zero attached hydrogens (tertiary/aromatic N) is 1. The number of amides is 1. The number of hydrogen-bond acceptors (Lipinski definition) is 6. The van der Waals surface area contributed by atoms with Crippen molar-refractivity contribution in [3.05, 3.63) is 77.2 Å². The molecular weight excluding hydrogens is 446 g/mol. The molecule has 0 saturated heterocycles. The van der Waals surface area contributed by atoms with E-state index in [0.717, 1.165) is 28.2 Å². The largest absolute Gasteiger partial charge is 0.496 e. The van der Waals surface area contributed by atoms with Crippen molar-refractivity contribution in [3.8, 4) is 5.75 Å². The van der Waals surface area contributed by atoms with Crippen molar-refractivity contribution in [2.45, 2.75) is 16.7 Å². The van der Waals surface area contributed by atoms with Crippen molar-refractivity contribution < 1.29 is 17.9 Å². The maximum atomic E-state index is 12.5. The Labute approximate surface area is 193 Å². The van der Waals surface area contributed by atoms with Crippen LogP contribution in [0.3, 0.4) is 0 Å². The molecule has 0 bridgehead atoms. The highest BCUT2D eigenvalue weighted by Crippen LogP contribution is 2.27. The fourth-order valence-corrected chi connectivity index (χ4v) is 5.33. The van der Waals surface area contributed by atoms with Crippen LogP contribution in [0.4, 0.5) is 5.69 Å². The highest BCUT2D eigenvalue weighted by molar-refractivity contribution is 7.94. The number of nitrogens with one attached hydrogen (secondary N) is 2. The van der Waals surface area contributed by atoms with Gasteiger partial charge in [0.15, 0.2) is 0 Å². The second-order valence-electron chi connectivity index (χ2n) is 7.44. The Morgan fingerprint density at radius 1 is 1.06 bits per heavy atom. The molecule has 1 aromatic heterocycles. The molecule has 0 aliphatic heterocycles. The fraction of sp³-hybridized carbons (Fsp3) is 0.261. The van der Waals surface area contributed by atoms with Crippen LogP contribution in [-0.4, -0.2) is 47.0 Å². The molecule has 1 amide bonds. The van der Waals surface area contributed by atoms with Crippen molar-refractivity contribution >= 4 is 33.0 Å². The molecule has 9 heteroatoms. The molecule has 1 unspecified atom stereocenters. The number of rotatable bonds is 10. The molecule has 32 heavy (non-hydrogen) atoms. The van der Waals surface area contributed by atoms with Gasteiger partial charge in [0.1, 0.15) is 9.96 Å². The van der Waals surface area contributed by atoms with Gasteiger partial charge in [-0.3, -0.25) is 9.52 Å². The van der Waals surface area contributed by atoms with Gasteiger partial charge < -0.3 is 15.0 Å². The van der Waals surface area contributed by atoms with Crippen LogP contribution in [0.15, 0.2) is 70.3 Å². The molecule has 0 radical (unpaired) electrons. The normalized spacial score (nSPS) is 12.4. The summed E-state index contributed by atoms with van der Waals surface area (Å²) in [6.45, 7) is 0.435. The van der Waals surface area contributed by atoms with Crippen molar-refractivity contribution in [3.63, 3.8) is 0 Å². The van der Waals surface area contributed by atoms with E-state index in [1.54, 1.807) is 48.9 Å². The lowest BCUT2D eigenvalue weighted by atomic mass is 10.0. The number of hydrogen-bond donors (Lipinski definition) is 2. The zero-order valence-electron chi connectivity index (χ0n) is 18.2. The van der Waals surface area contributed by atoms with Gasteiger partial charge in [0.05, 0.1) is 19.6 Å². The molecule has 0 aliphatic carbocycles. The minimum absolute atomic E-state index is 0.0378. The number of thiophene rings is 1. The summed E-state index contributed by atoms with van der Waals surface area (Å²) in [5.41, 5.74) is 2.24. The number of carbonyl (C=O) groups is 1. The van der Waals surface area contributed by atoms with Crippen molar-refractivity contribution in [1.29, 1.82) is 0 Å². The molecule has 3 rings (SSSR count). The van der Waals surface area contributed by atoms with Gasteiger partial charge in [-0.1, -0.05) is 36.4 Å². The van der Waals surface area contributed by atoms with E-state index in [-0.39, 0.29) is 22.6 Å². The highest BCUT2D eigenvalue weighted by Gasteiger charge is 2.19. The zero-order chi connectivity index (χ0) is 23.1. The SMILES string of the molecule is COc1ccccc1C(CNC(=O)Cc1ccc(NS(=O)(=O)c2cccs2)cc1)N(C)C. The summed E-state index contributed by atoms with van der Waals surface area (Å²) in [5.74, 6) is 0.666. The summed E-state index contributed by atoms with van der Waals surface area (Å²) >= 11 is 1.16. The Morgan fingerprint density at radius 2 is 1.78 bits per heavy atom. The third kappa shape index (κ3) is 6.09. The monoisotopic (exact) mass is 473 g/mol. The van der Waals surface area contributed by atoms with E-state index in [9.17, 15) is 13.2 Å². The van der Waals surface area contributed by atoms with Crippen LogP contribution in [0.1, 0.15) is 17.2 Å². The van der Waals surface area contributed by atoms with Crippen LogP contribution >= 0.6 is 11.3 Å². The standard InChI is InChI=1S/C23H27N3O4S2/c1-26(2)20(19-7-4-5-8-21(19)30-3)16-24-22(27)15-17-10-12-18(13-11-17)25-32(28,29)23-9-6-14-31-23/h4-14,20,25H,15-16H2,1-3H3,(H,24,27). The second-order valence-corrected chi connectivity index (χ2v) is 10.3. The van der Waals surface area contributed by atoms with Crippen LogP contribution in [0.25, 0.3) is 0 Å². The predicted molar refractivity (Wildman–Crippen MR) is 128 cm³/mol. The fourth-order valence-electron chi connectivity index (χ4n) is 3.28. The second kappa shape index (κ2) is 10.6. The van der Waals surface area contributed by atoms with Gasteiger partial charge in [-0.05, 0) is 49.3 Å². The minimum Gasteiger partial charge on any atom is -0.496 e. The number of likely N-dealkylation sites (N-methyl/N-ethyl adjacent to an activating group) is 1. The number of methoxy groups -OCH3 is 1. The number of para-hydroxylation sites is 1. The molecular formula is C23H27N3O4S2. The first-order valence-corrected chi connectivity index (χ1v) is 12.4. The van der Waals surface area contributed by atoms with Gasteiger partial charge in [0, 0.05) is 17.8 Å². The molecule has 2 N–H and O–H groups in total. The van der Waals surface area contributed by atoms with Crippen molar-refractivity contribution in [1.82, 2.24) is 10.2 Å². The first kappa shape index (κ1) is 23.8. The summed E-state index contributed by atoms with van der Waals surface area (Å²) in [5, 5.41) is 4.70. The maximum Gasteiger partial charge on any atom is 0.271 e. The highest BCUT2D eigenvalue weighted by atomic mass is 32.2. The average Bonchev–Trinajstić information content (AvgIpc) is 3.31. The van der Waals surface area contributed by atoms with Crippen molar-refractivity contribution in [2.75, 3.05) is 32.5 Å².